The first kappa shape index (κ1) is 18.5. The molecule has 0 saturated carbocycles. The number of aromatic nitrogens is 3. The molecule has 0 bridgehead atoms. The van der Waals surface area contributed by atoms with Crippen LogP contribution in [-0.2, 0) is 6.54 Å². The van der Waals surface area contributed by atoms with Crippen LogP contribution in [-0.4, -0.2) is 26.3 Å². The fourth-order valence-electron chi connectivity index (χ4n) is 2.70. The normalized spacial score (nSPS) is 10.9. The van der Waals surface area contributed by atoms with Gasteiger partial charge in [-0.05, 0) is 38.1 Å². The largest absolute Gasteiger partial charge is 0.411 e. The van der Waals surface area contributed by atoms with Crippen LogP contribution in [0.15, 0.2) is 52.6 Å². The maximum Gasteiger partial charge on any atom is 0.277 e. The van der Waals surface area contributed by atoms with Crippen molar-refractivity contribution in [2.75, 3.05) is 5.75 Å². The second-order valence-electron chi connectivity index (χ2n) is 5.78. The van der Waals surface area contributed by atoms with E-state index >= 15 is 0 Å². The molecule has 0 aliphatic carbocycles. The van der Waals surface area contributed by atoms with E-state index in [1.54, 1.807) is 12.1 Å². The lowest BCUT2D eigenvalue weighted by molar-refractivity contribution is 0.102. The number of Topliss-reactive ketones (excluding diaryl/α,β-unsaturated/α-hetero) is 1. The third kappa shape index (κ3) is 3.92. The van der Waals surface area contributed by atoms with Crippen LogP contribution in [0.5, 0.6) is 0 Å². The Balaban J connectivity index is 1.69. The number of benzene rings is 1. The Morgan fingerprint density at radius 1 is 1.35 bits per heavy atom. The minimum absolute atomic E-state index is 0.0286. The molecular weight excluding hydrogens is 370 g/mol. The summed E-state index contributed by atoms with van der Waals surface area (Å²) < 4.78 is 7.68. The van der Waals surface area contributed by atoms with Gasteiger partial charge < -0.3 is 8.98 Å². The summed E-state index contributed by atoms with van der Waals surface area (Å²) >= 11 is 7.20. The molecule has 2 aromatic heterocycles. The molecule has 0 saturated heterocycles. The first-order chi connectivity index (χ1) is 12.5. The molecule has 0 radical (unpaired) electrons. The highest BCUT2D eigenvalue weighted by atomic mass is 35.5. The summed E-state index contributed by atoms with van der Waals surface area (Å²) in [5.74, 6) is 0.641. The van der Waals surface area contributed by atoms with Gasteiger partial charge in [-0.3, -0.25) is 4.79 Å². The number of carbonyl (C=O) groups is 1. The first-order valence-corrected chi connectivity index (χ1v) is 9.39. The van der Waals surface area contributed by atoms with Crippen LogP contribution in [0.25, 0.3) is 11.5 Å². The van der Waals surface area contributed by atoms with Gasteiger partial charge in [0.1, 0.15) is 0 Å². The SMILES string of the molecule is C=CCn1c(C)cc(C(=O)CSc2nnc(-c3cccc(Cl)c3)o2)c1C. The number of hydrogen-bond acceptors (Lipinski definition) is 5. The molecule has 5 nitrogen and oxygen atoms in total. The Morgan fingerprint density at radius 2 is 2.15 bits per heavy atom. The Labute approximate surface area is 161 Å². The van der Waals surface area contributed by atoms with Gasteiger partial charge >= 0.3 is 0 Å². The number of carbonyl (C=O) groups excluding carboxylic acids is 1. The van der Waals surface area contributed by atoms with Gasteiger partial charge in [0.15, 0.2) is 5.78 Å². The number of hydrogen-bond donors (Lipinski definition) is 0. The zero-order valence-electron chi connectivity index (χ0n) is 14.5. The number of ketones is 1. The molecule has 134 valence electrons. The first-order valence-electron chi connectivity index (χ1n) is 8.02. The van der Waals surface area contributed by atoms with E-state index in [0.717, 1.165) is 17.0 Å². The average molecular weight is 388 g/mol. The summed E-state index contributed by atoms with van der Waals surface area (Å²) in [6.45, 7) is 8.37. The van der Waals surface area contributed by atoms with Crippen molar-refractivity contribution >= 4 is 29.1 Å². The topological polar surface area (TPSA) is 60.9 Å². The monoisotopic (exact) mass is 387 g/mol. The Bertz CT molecular complexity index is 962. The molecule has 3 rings (SSSR count). The van der Waals surface area contributed by atoms with E-state index in [-0.39, 0.29) is 11.5 Å². The second kappa shape index (κ2) is 7.93. The van der Waals surface area contributed by atoms with Crippen LogP contribution in [0, 0.1) is 13.8 Å². The van der Waals surface area contributed by atoms with E-state index in [1.807, 2.05) is 38.1 Å². The fraction of sp³-hybridized carbons (Fsp3) is 0.211. The maximum atomic E-state index is 12.6. The van der Waals surface area contributed by atoms with Crippen LogP contribution >= 0.6 is 23.4 Å². The molecule has 0 unspecified atom stereocenters. The number of nitrogens with zero attached hydrogens (tertiary/aromatic N) is 3. The highest BCUT2D eigenvalue weighted by molar-refractivity contribution is 7.99. The third-order valence-corrected chi connectivity index (χ3v) is 5.04. The molecule has 2 heterocycles. The van der Waals surface area contributed by atoms with E-state index in [9.17, 15) is 4.79 Å². The van der Waals surface area contributed by atoms with Crippen molar-refractivity contribution < 1.29 is 9.21 Å². The summed E-state index contributed by atoms with van der Waals surface area (Å²) in [6, 6.07) is 9.10. The average Bonchev–Trinajstić information content (AvgIpc) is 3.20. The van der Waals surface area contributed by atoms with Crippen LogP contribution in [0.2, 0.25) is 5.02 Å². The molecule has 7 heteroatoms. The van der Waals surface area contributed by atoms with Gasteiger partial charge in [-0.25, -0.2) is 0 Å². The van der Waals surface area contributed by atoms with Gasteiger partial charge in [-0.2, -0.15) is 0 Å². The van der Waals surface area contributed by atoms with Crippen molar-refractivity contribution in [3.63, 3.8) is 0 Å². The minimum Gasteiger partial charge on any atom is -0.411 e. The van der Waals surface area contributed by atoms with Gasteiger partial charge in [-0.1, -0.05) is 35.5 Å². The van der Waals surface area contributed by atoms with Crippen molar-refractivity contribution in [2.24, 2.45) is 0 Å². The lowest BCUT2D eigenvalue weighted by Gasteiger charge is -2.05. The van der Waals surface area contributed by atoms with Crippen LogP contribution in [0.3, 0.4) is 0 Å². The summed E-state index contributed by atoms with van der Waals surface area (Å²) in [5.41, 5.74) is 3.44. The summed E-state index contributed by atoms with van der Waals surface area (Å²) in [6.07, 6.45) is 1.82. The zero-order valence-corrected chi connectivity index (χ0v) is 16.1. The summed E-state index contributed by atoms with van der Waals surface area (Å²) in [5, 5.41) is 8.96. The molecule has 0 aliphatic rings. The van der Waals surface area contributed by atoms with Gasteiger partial charge in [-0.15, -0.1) is 16.8 Å². The Hall–Kier alpha value is -2.31. The highest BCUT2D eigenvalue weighted by Crippen LogP contribution is 2.26. The van der Waals surface area contributed by atoms with Crippen LogP contribution in [0.1, 0.15) is 21.7 Å². The van der Waals surface area contributed by atoms with Crippen molar-refractivity contribution in [3.05, 3.63) is 65.0 Å². The van der Waals surface area contributed by atoms with E-state index < -0.39 is 0 Å². The van der Waals surface area contributed by atoms with Crippen molar-refractivity contribution in [2.45, 2.75) is 25.6 Å². The second-order valence-corrected chi connectivity index (χ2v) is 7.14. The zero-order chi connectivity index (χ0) is 18.7. The van der Waals surface area contributed by atoms with Crippen LogP contribution in [0.4, 0.5) is 0 Å². The molecule has 0 spiro atoms. The fourth-order valence-corrected chi connectivity index (χ4v) is 3.54. The molecule has 26 heavy (non-hydrogen) atoms. The molecule has 0 N–H and O–H groups in total. The van der Waals surface area contributed by atoms with E-state index in [0.29, 0.717) is 28.2 Å². The van der Waals surface area contributed by atoms with E-state index in [1.165, 1.54) is 11.8 Å². The predicted molar refractivity (Wildman–Crippen MR) is 104 cm³/mol. The molecule has 0 aliphatic heterocycles. The molecule has 3 aromatic rings. The Kier molecular flexibility index (Phi) is 5.64. The Morgan fingerprint density at radius 3 is 2.88 bits per heavy atom. The third-order valence-electron chi connectivity index (χ3n) is 3.99. The van der Waals surface area contributed by atoms with E-state index in [4.69, 9.17) is 16.0 Å². The van der Waals surface area contributed by atoms with Crippen molar-refractivity contribution in [3.8, 4) is 11.5 Å². The van der Waals surface area contributed by atoms with Gasteiger partial charge in [0.05, 0.1) is 5.75 Å². The number of thioether (sulfide) groups is 1. The quantitative estimate of drug-likeness (QED) is 0.325. The lowest BCUT2D eigenvalue weighted by Crippen LogP contribution is -2.06. The number of halogens is 1. The molecular formula is C19H18ClN3O2S. The van der Waals surface area contributed by atoms with Crippen molar-refractivity contribution in [1.29, 1.82) is 0 Å². The predicted octanol–water partition coefficient (Wildman–Crippen LogP) is 4.97. The van der Waals surface area contributed by atoms with Gasteiger partial charge in [0.2, 0.25) is 5.89 Å². The number of aryl methyl sites for hydroxylation is 1. The molecule has 0 atom stereocenters. The van der Waals surface area contributed by atoms with Gasteiger partial charge in [0.25, 0.3) is 5.22 Å². The molecule has 1 aromatic carbocycles. The summed E-state index contributed by atoms with van der Waals surface area (Å²) in [7, 11) is 0. The smallest absolute Gasteiger partial charge is 0.277 e. The summed E-state index contributed by atoms with van der Waals surface area (Å²) in [4.78, 5) is 12.6. The molecule has 0 fully saturated rings. The van der Waals surface area contributed by atoms with Gasteiger partial charge in [0, 0.05) is 34.1 Å². The maximum absolute atomic E-state index is 12.6. The minimum atomic E-state index is 0.0286. The van der Waals surface area contributed by atoms with E-state index in [2.05, 4.69) is 21.3 Å². The molecule has 0 amide bonds. The number of allylic oxidation sites excluding steroid dienone is 1. The van der Waals surface area contributed by atoms with Crippen molar-refractivity contribution in [1.82, 2.24) is 14.8 Å². The highest BCUT2D eigenvalue weighted by Gasteiger charge is 2.17. The number of rotatable bonds is 7. The standard InChI is InChI=1S/C19H18ClN3O2S/c1-4-8-23-12(2)9-16(13(23)3)17(24)11-26-19-22-21-18(25-19)14-6-5-7-15(20)10-14/h4-7,9-10H,1,8,11H2,2-3H3. The lowest BCUT2D eigenvalue weighted by atomic mass is 10.2. The van der Waals surface area contributed by atoms with Crippen LogP contribution < -0.4 is 0 Å².